The van der Waals surface area contributed by atoms with Gasteiger partial charge in [0.2, 0.25) is 5.91 Å². The van der Waals surface area contributed by atoms with E-state index in [0.717, 1.165) is 28.4 Å². The van der Waals surface area contributed by atoms with E-state index in [1.165, 1.54) is 13.2 Å². The van der Waals surface area contributed by atoms with Gasteiger partial charge in [0.05, 0.1) is 36.0 Å². The Morgan fingerprint density at radius 2 is 1.82 bits per heavy atom. The number of benzene rings is 2. The SMILES string of the molecule is COc1ccc(-c2csc(NC(=O)CN3C(=O)c4ccc([N+](=O)[O-])cc4C3=O)n2)c(OC)c1. The number of fused-ring (bicyclic) bond motifs is 1. The van der Waals surface area contributed by atoms with Crippen LogP contribution in [0.25, 0.3) is 11.3 Å². The number of hydrogen-bond donors (Lipinski definition) is 1. The second-order valence-electron chi connectivity index (χ2n) is 6.84. The van der Waals surface area contributed by atoms with Crippen LogP contribution in [0.5, 0.6) is 11.5 Å². The molecule has 1 aromatic heterocycles. The number of anilines is 1. The van der Waals surface area contributed by atoms with Crippen LogP contribution in [0.4, 0.5) is 10.8 Å². The summed E-state index contributed by atoms with van der Waals surface area (Å²) in [5.41, 5.74) is 0.844. The molecule has 12 heteroatoms. The van der Waals surface area contributed by atoms with Crippen LogP contribution in [0.15, 0.2) is 41.8 Å². The summed E-state index contributed by atoms with van der Waals surface area (Å²) in [7, 11) is 3.06. The largest absolute Gasteiger partial charge is 0.497 e. The van der Waals surface area contributed by atoms with Crippen molar-refractivity contribution in [1.29, 1.82) is 0 Å². The number of ether oxygens (including phenoxy) is 2. The monoisotopic (exact) mass is 468 g/mol. The van der Waals surface area contributed by atoms with Crippen LogP contribution >= 0.6 is 11.3 Å². The zero-order valence-corrected chi connectivity index (χ0v) is 18.2. The normalized spacial score (nSPS) is 12.5. The van der Waals surface area contributed by atoms with Crippen molar-refractivity contribution < 1.29 is 28.8 Å². The molecule has 3 amide bonds. The first-order valence-corrected chi connectivity index (χ1v) is 10.3. The molecule has 1 N–H and O–H groups in total. The van der Waals surface area contributed by atoms with E-state index in [4.69, 9.17) is 9.47 Å². The predicted molar refractivity (Wildman–Crippen MR) is 118 cm³/mol. The molecule has 0 saturated heterocycles. The molecule has 1 aliphatic heterocycles. The van der Waals surface area contributed by atoms with Crippen molar-refractivity contribution >= 4 is 39.9 Å². The number of nitro groups is 1. The fraction of sp³-hybridized carbons (Fsp3) is 0.143. The van der Waals surface area contributed by atoms with Gasteiger partial charge < -0.3 is 14.8 Å². The standard InChI is InChI=1S/C21H16N4O7S/c1-31-12-4-6-14(17(8-12)32-2)16-10-33-21(22-16)23-18(26)9-24-19(27)13-5-3-11(25(29)30)7-15(13)20(24)28/h3-8,10H,9H2,1-2H3,(H,22,23,26). The molecular formula is C21H16N4O7S. The van der Waals surface area contributed by atoms with E-state index >= 15 is 0 Å². The van der Waals surface area contributed by atoms with Crippen molar-refractivity contribution in [2.75, 3.05) is 26.1 Å². The van der Waals surface area contributed by atoms with Gasteiger partial charge in [-0.25, -0.2) is 4.98 Å². The van der Waals surface area contributed by atoms with Crippen LogP contribution in [0.2, 0.25) is 0 Å². The Labute approximate surface area is 190 Å². The number of aromatic nitrogens is 1. The van der Waals surface area contributed by atoms with Crippen molar-refractivity contribution in [2.45, 2.75) is 0 Å². The molecule has 2 aromatic carbocycles. The lowest BCUT2D eigenvalue weighted by Gasteiger charge is -2.12. The lowest BCUT2D eigenvalue weighted by atomic mass is 10.1. The molecule has 2 heterocycles. The summed E-state index contributed by atoms with van der Waals surface area (Å²) in [6, 6.07) is 8.61. The summed E-state index contributed by atoms with van der Waals surface area (Å²) in [5, 5.41) is 15.5. The van der Waals surface area contributed by atoms with Crippen LogP contribution in [-0.2, 0) is 4.79 Å². The lowest BCUT2D eigenvalue weighted by Crippen LogP contribution is -2.37. The molecule has 11 nitrogen and oxygen atoms in total. The molecule has 0 unspecified atom stereocenters. The smallest absolute Gasteiger partial charge is 0.270 e. The van der Waals surface area contributed by atoms with Crippen LogP contribution < -0.4 is 14.8 Å². The summed E-state index contributed by atoms with van der Waals surface area (Å²) in [6.45, 7) is -0.555. The van der Waals surface area contributed by atoms with Crippen molar-refractivity contribution in [3.05, 3.63) is 63.0 Å². The maximum Gasteiger partial charge on any atom is 0.270 e. The Kier molecular flexibility index (Phi) is 5.75. The van der Waals surface area contributed by atoms with E-state index in [-0.39, 0.29) is 21.9 Å². The molecule has 168 valence electrons. The molecule has 0 spiro atoms. The predicted octanol–water partition coefficient (Wildman–Crippen LogP) is 2.97. The highest BCUT2D eigenvalue weighted by molar-refractivity contribution is 7.14. The third-order valence-corrected chi connectivity index (χ3v) is 5.66. The third kappa shape index (κ3) is 4.11. The average molecular weight is 468 g/mol. The first-order valence-electron chi connectivity index (χ1n) is 9.44. The summed E-state index contributed by atoms with van der Waals surface area (Å²) >= 11 is 1.16. The molecule has 0 radical (unpaired) electrons. The number of hydrogen-bond acceptors (Lipinski definition) is 9. The van der Waals surface area contributed by atoms with Crippen LogP contribution in [0.1, 0.15) is 20.7 Å². The maximum absolute atomic E-state index is 12.5. The van der Waals surface area contributed by atoms with Gasteiger partial charge in [0.15, 0.2) is 5.13 Å². The number of amides is 3. The number of rotatable bonds is 7. The number of carbonyl (C=O) groups is 3. The van der Waals surface area contributed by atoms with Gasteiger partial charge in [-0.3, -0.25) is 29.4 Å². The number of nitro benzene ring substituents is 1. The van der Waals surface area contributed by atoms with Gasteiger partial charge in [-0.15, -0.1) is 11.3 Å². The molecule has 4 rings (SSSR count). The van der Waals surface area contributed by atoms with Crippen molar-refractivity contribution in [1.82, 2.24) is 9.88 Å². The highest BCUT2D eigenvalue weighted by atomic mass is 32.1. The van der Waals surface area contributed by atoms with Crippen molar-refractivity contribution in [3.63, 3.8) is 0 Å². The van der Waals surface area contributed by atoms with Crippen LogP contribution in [0.3, 0.4) is 0 Å². The summed E-state index contributed by atoms with van der Waals surface area (Å²) in [4.78, 5) is 52.9. The van der Waals surface area contributed by atoms with Crippen LogP contribution in [-0.4, -0.2) is 53.3 Å². The molecule has 0 fully saturated rings. The van der Waals surface area contributed by atoms with Gasteiger partial charge in [0.25, 0.3) is 17.5 Å². The van der Waals surface area contributed by atoms with E-state index < -0.39 is 29.2 Å². The fourth-order valence-corrected chi connectivity index (χ4v) is 4.03. The molecule has 33 heavy (non-hydrogen) atoms. The second-order valence-corrected chi connectivity index (χ2v) is 7.69. The molecular weight excluding hydrogens is 452 g/mol. The molecule has 3 aromatic rings. The summed E-state index contributed by atoms with van der Waals surface area (Å²) in [6.07, 6.45) is 0. The number of non-ortho nitro benzene ring substituents is 1. The highest BCUT2D eigenvalue weighted by Gasteiger charge is 2.37. The minimum atomic E-state index is -0.767. The minimum absolute atomic E-state index is 0.0153. The van der Waals surface area contributed by atoms with Gasteiger partial charge in [-0.1, -0.05) is 0 Å². The Morgan fingerprint density at radius 1 is 1.09 bits per heavy atom. The van der Waals surface area contributed by atoms with E-state index in [1.807, 2.05) is 0 Å². The Bertz CT molecular complexity index is 1300. The Morgan fingerprint density at radius 3 is 2.52 bits per heavy atom. The van der Waals surface area contributed by atoms with Gasteiger partial charge in [-0.05, 0) is 18.2 Å². The minimum Gasteiger partial charge on any atom is -0.497 e. The quantitative estimate of drug-likeness (QED) is 0.317. The van der Waals surface area contributed by atoms with E-state index in [9.17, 15) is 24.5 Å². The van der Waals surface area contributed by atoms with E-state index in [1.54, 1.807) is 30.7 Å². The lowest BCUT2D eigenvalue weighted by molar-refractivity contribution is -0.384. The fourth-order valence-electron chi connectivity index (χ4n) is 3.30. The molecule has 0 aliphatic carbocycles. The number of nitrogens with zero attached hydrogens (tertiary/aromatic N) is 3. The second kappa shape index (κ2) is 8.67. The summed E-state index contributed by atoms with van der Waals surface area (Å²) < 4.78 is 10.6. The zero-order valence-electron chi connectivity index (χ0n) is 17.4. The van der Waals surface area contributed by atoms with Gasteiger partial charge in [0, 0.05) is 29.1 Å². The summed E-state index contributed by atoms with van der Waals surface area (Å²) in [5.74, 6) is -0.940. The Balaban J connectivity index is 1.47. The number of carbonyl (C=O) groups excluding carboxylic acids is 3. The Hall–Kier alpha value is -4.32. The zero-order chi connectivity index (χ0) is 23.7. The van der Waals surface area contributed by atoms with E-state index in [0.29, 0.717) is 22.8 Å². The molecule has 0 atom stereocenters. The first-order chi connectivity index (χ1) is 15.8. The first kappa shape index (κ1) is 21.9. The van der Waals surface area contributed by atoms with Gasteiger partial charge in [0.1, 0.15) is 18.0 Å². The number of methoxy groups -OCH3 is 2. The average Bonchev–Trinajstić information content (AvgIpc) is 3.36. The third-order valence-electron chi connectivity index (χ3n) is 4.90. The maximum atomic E-state index is 12.5. The molecule has 0 saturated carbocycles. The van der Waals surface area contributed by atoms with Gasteiger partial charge >= 0.3 is 0 Å². The van der Waals surface area contributed by atoms with Crippen LogP contribution in [0, 0.1) is 10.1 Å². The molecule has 1 aliphatic rings. The van der Waals surface area contributed by atoms with Crippen molar-refractivity contribution in [2.24, 2.45) is 0 Å². The van der Waals surface area contributed by atoms with Crippen molar-refractivity contribution in [3.8, 4) is 22.8 Å². The number of imide groups is 1. The number of thiazole rings is 1. The van der Waals surface area contributed by atoms with E-state index in [2.05, 4.69) is 10.3 Å². The topological polar surface area (TPSA) is 141 Å². The van der Waals surface area contributed by atoms with Gasteiger partial charge in [-0.2, -0.15) is 0 Å². The molecule has 0 bridgehead atoms. The highest BCUT2D eigenvalue weighted by Crippen LogP contribution is 2.35. The number of nitrogens with one attached hydrogen (secondary N) is 1.